The second-order valence-electron chi connectivity index (χ2n) is 3.49. The van der Waals surface area contributed by atoms with E-state index in [1.807, 2.05) is 18.3 Å². The lowest BCUT2D eigenvalue weighted by Crippen LogP contribution is -1.84. The second-order valence-corrected chi connectivity index (χ2v) is 4.34. The van der Waals surface area contributed by atoms with E-state index in [4.69, 9.17) is 5.21 Å². The van der Waals surface area contributed by atoms with Crippen LogP contribution < -0.4 is 0 Å². The Morgan fingerprint density at radius 1 is 1.50 bits per heavy atom. The van der Waals surface area contributed by atoms with Crippen LogP contribution in [-0.4, -0.2) is 21.4 Å². The molecule has 0 saturated carbocycles. The predicted molar refractivity (Wildman–Crippen MR) is 70.9 cm³/mol. The maximum Gasteiger partial charge on any atom is 0.167 e. The zero-order chi connectivity index (χ0) is 12.6. The summed E-state index contributed by atoms with van der Waals surface area (Å²) in [6.45, 7) is 0. The van der Waals surface area contributed by atoms with E-state index in [1.54, 1.807) is 11.6 Å². The Balaban J connectivity index is 1.88. The Morgan fingerprint density at radius 2 is 2.44 bits per heavy atom. The molecular weight excluding hydrogens is 246 g/mol. The smallest absolute Gasteiger partial charge is 0.167 e. The van der Waals surface area contributed by atoms with Crippen LogP contribution in [0.5, 0.6) is 0 Å². The largest absolute Gasteiger partial charge is 0.411 e. The molecule has 0 aliphatic rings. The lowest BCUT2D eigenvalue weighted by atomic mass is 10.2. The highest BCUT2D eigenvalue weighted by molar-refractivity contribution is 7.10. The molecule has 0 spiro atoms. The molecule has 0 aromatic carbocycles. The molecule has 0 aliphatic heterocycles. The maximum absolute atomic E-state index is 8.36. The fraction of sp³-hybridized carbons (Fsp3) is 0.154. The molecule has 18 heavy (non-hydrogen) atoms. The van der Waals surface area contributed by atoms with Crippen molar-refractivity contribution in [3.05, 3.63) is 46.2 Å². The van der Waals surface area contributed by atoms with Gasteiger partial charge in [0.05, 0.1) is 11.9 Å². The number of hydrogen-bond acceptors (Lipinski definition) is 5. The van der Waals surface area contributed by atoms with Gasteiger partial charge in [0.2, 0.25) is 0 Å². The van der Waals surface area contributed by atoms with Gasteiger partial charge in [-0.15, -0.1) is 11.3 Å². The number of thiazole rings is 1. The van der Waals surface area contributed by atoms with E-state index in [-0.39, 0.29) is 0 Å². The number of hydrogen-bond donors (Lipinski definition) is 1. The monoisotopic (exact) mass is 257 g/mol. The number of aromatic nitrogens is 2. The van der Waals surface area contributed by atoms with E-state index in [2.05, 4.69) is 27.0 Å². The van der Waals surface area contributed by atoms with Crippen LogP contribution in [0.4, 0.5) is 0 Å². The average Bonchev–Trinajstić information content (AvgIpc) is 2.84. The van der Waals surface area contributed by atoms with Gasteiger partial charge in [0.1, 0.15) is 0 Å². The predicted octanol–water partition coefficient (Wildman–Crippen LogP) is 2.33. The Hall–Kier alpha value is -2.19. The zero-order valence-corrected chi connectivity index (χ0v) is 10.4. The molecule has 2 aromatic heterocycles. The molecule has 0 bridgehead atoms. The van der Waals surface area contributed by atoms with Crippen LogP contribution in [0.3, 0.4) is 0 Å². The summed E-state index contributed by atoms with van der Waals surface area (Å²) >= 11 is 1.44. The first-order valence-electron chi connectivity index (χ1n) is 5.39. The van der Waals surface area contributed by atoms with Gasteiger partial charge in [-0.3, -0.25) is 4.98 Å². The molecular formula is C13H11N3OS. The maximum atomic E-state index is 8.36. The molecule has 0 unspecified atom stereocenters. The van der Waals surface area contributed by atoms with Gasteiger partial charge < -0.3 is 5.21 Å². The minimum atomic E-state index is 0.624. The molecule has 2 aromatic rings. The summed E-state index contributed by atoms with van der Waals surface area (Å²) in [7, 11) is 0. The quantitative estimate of drug-likeness (QED) is 0.397. The molecule has 90 valence electrons. The highest BCUT2D eigenvalue weighted by Crippen LogP contribution is 2.06. The third-order valence-electron chi connectivity index (χ3n) is 2.17. The van der Waals surface area contributed by atoms with Crippen molar-refractivity contribution in [3.8, 4) is 11.8 Å². The molecule has 4 nitrogen and oxygen atoms in total. The third-order valence-corrected chi connectivity index (χ3v) is 2.94. The second kappa shape index (κ2) is 6.52. The van der Waals surface area contributed by atoms with E-state index < -0.39 is 0 Å². The van der Waals surface area contributed by atoms with Gasteiger partial charge in [0, 0.05) is 24.2 Å². The highest BCUT2D eigenvalue weighted by Gasteiger charge is 1.95. The van der Waals surface area contributed by atoms with Crippen molar-refractivity contribution in [1.29, 1.82) is 0 Å². The molecule has 0 fully saturated rings. The summed E-state index contributed by atoms with van der Waals surface area (Å²) in [6.07, 6.45) is 6.55. The zero-order valence-electron chi connectivity index (χ0n) is 9.58. The number of oxime groups is 1. The number of pyridine rings is 1. The molecule has 0 amide bonds. The van der Waals surface area contributed by atoms with Crippen LogP contribution >= 0.6 is 11.3 Å². The summed E-state index contributed by atoms with van der Waals surface area (Å²) in [4.78, 5) is 8.22. The standard InChI is InChI=1S/C13H11N3OS/c17-15-9-12-10-18-13(16-12)6-2-1-4-11-5-3-7-14-8-11/h3,5,7-10,17H,1,4H2/b15-9+. The average molecular weight is 257 g/mol. The molecule has 2 heterocycles. The molecule has 0 atom stereocenters. The summed E-state index contributed by atoms with van der Waals surface area (Å²) in [6, 6.07) is 3.96. The van der Waals surface area contributed by atoms with Gasteiger partial charge in [0.15, 0.2) is 5.01 Å². The normalized spacial score (nSPS) is 10.2. The lowest BCUT2D eigenvalue weighted by Gasteiger charge is -1.93. The minimum Gasteiger partial charge on any atom is -0.411 e. The molecule has 2 rings (SSSR count). The van der Waals surface area contributed by atoms with Crippen LogP contribution in [0.25, 0.3) is 0 Å². The van der Waals surface area contributed by atoms with Crippen molar-refractivity contribution >= 4 is 17.6 Å². The summed E-state index contributed by atoms with van der Waals surface area (Å²) < 4.78 is 0. The van der Waals surface area contributed by atoms with Crippen molar-refractivity contribution in [1.82, 2.24) is 9.97 Å². The van der Waals surface area contributed by atoms with Gasteiger partial charge in [-0.25, -0.2) is 4.98 Å². The summed E-state index contributed by atoms with van der Waals surface area (Å²) in [5.41, 5.74) is 1.80. The van der Waals surface area contributed by atoms with Gasteiger partial charge in [0.25, 0.3) is 0 Å². The van der Waals surface area contributed by atoms with E-state index in [0.717, 1.165) is 17.8 Å². The van der Waals surface area contributed by atoms with Gasteiger partial charge in [-0.1, -0.05) is 17.1 Å². The number of nitrogens with zero attached hydrogens (tertiary/aromatic N) is 3. The van der Waals surface area contributed by atoms with Gasteiger partial charge >= 0.3 is 0 Å². The van der Waals surface area contributed by atoms with Crippen LogP contribution in [0.2, 0.25) is 0 Å². The summed E-state index contributed by atoms with van der Waals surface area (Å²) in [5, 5.41) is 13.8. The van der Waals surface area contributed by atoms with Crippen molar-refractivity contribution in [2.45, 2.75) is 12.8 Å². The number of rotatable bonds is 3. The van der Waals surface area contributed by atoms with Crippen LogP contribution in [0, 0.1) is 11.8 Å². The third kappa shape index (κ3) is 3.68. The van der Waals surface area contributed by atoms with Crippen LogP contribution in [-0.2, 0) is 6.42 Å². The SMILES string of the molecule is O/N=C/c1csc(C#CCCc2cccnc2)n1. The molecule has 0 saturated heterocycles. The van der Waals surface area contributed by atoms with Crippen LogP contribution in [0.1, 0.15) is 22.7 Å². The molecule has 5 heteroatoms. The van der Waals surface area contributed by atoms with E-state index >= 15 is 0 Å². The first-order chi connectivity index (χ1) is 8.88. The molecule has 1 N–H and O–H groups in total. The van der Waals surface area contributed by atoms with E-state index in [9.17, 15) is 0 Å². The highest BCUT2D eigenvalue weighted by atomic mass is 32.1. The Morgan fingerprint density at radius 3 is 3.22 bits per heavy atom. The first-order valence-corrected chi connectivity index (χ1v) is 6.27. The van der Waals surface area contributed by atoms with Crippen molar-refractivity contribution in [2.75, 3.05) is 0 Å². The topological polar surface area (TPSA) is 58.4 Å². The van der Waals surface area contributed by atoms with Crippen molar-refractivity contribution < 1.29 is 5.21 Å². The van der Waals surface area contributed by atoms with Gasteiger partial charge in [-0.2, -0.15) is 0 Å². The van der Waals surface area contributed by atoms with E-state index in [0.29, 0.717) is 5.69 Å². The van der Waals surface area contributed by atoms with Crippen molar-refractivity contribution in [3.63, 3.8) is 0 Å². The number of aryl methyl sites for hydroxylation is 1. The van der Waals surface area contributed by atoms with Crippen molar-refractivity contribution in [2.24, 2.45) is 5.16 Å². The minimum absolute atomic E-state index is 0.624. The van der Waals surface area contributed by atoms with Gasteiger partial charge in [-0.05, 0) is 24.0 Å². The Bertz CT molecular complexity index is 581. The molecule has 0 radical (unpaired) electrons. The first kappa shape index (κ1) is 12.3. The van der Waals surface area contributed by atoms with Crippen LogP contribution in [0.15, 0.2) is 35.1 Å². The molecule has 0 aliphatic carbocycles. The summed E-state index contributed by atoms with van der Waals surface area (Å²) in [5.74, 6) is 6.06. The Labute approximate surface area is 109 Å². The van der Waals surface area contributed by atoms with E-state index in [1.165, 1.54) is 23.1 Å². The lowest BCUT2D eigenvalue weighted by molar-refractivity contribution is 0.321. The Kier molecular flexibility index (Phi) is 4.45. The fourth-order valence-electron chi connectivity index (χ4n) is 1.35. The fourth-order valence-corrected chi connectivity index (χ4v) is 1.99.